The molecule has 0 saturated heterocycles. The van der Waals surface area contributed by atoms with Crippen molar-refractivity contribution in [3.63, 3.8) is 0 Å². The van der Waals surface area contributed by atoms with Crippen LogP contribution in [0.1, 0.15) is 100 Å². The topological polar surface area (TPSA) is 49.8 Å². The lowest BCUT2D eigenvalue weighted by Gasteiger charge is -2.23. The molecular weight excluding hydrogens is 376 g/mol. The number of benzene rings is 1. The number of nitrogens with zero attached hydrogens (tertiary/aromatic N) is 1. The van der Waals surface area contributed by atoms with Gasteiger partial charge in [0.05, 0.1) is 11.6 Å². The molecule has 0 aliphatic carbocycles. The van der Waals surface area contributed by atoms with Gasteiger partial charge < -0.3 is 5.73 Å². The van der Waals surface area contributed by atoms with Crippen molar-refractivity contribution in [3.8, 4) is 6.07 Å². The lowest BCUT2D eigenvalue weighted by Crippen LogP contribution is -2.11. The fraction of sp³-hybridized carbons (Fsp3) is 0.552. The van der Waals surface area contributed by atoms with Gasteiger partial charge in [0.15, 0.2) is 0 Å². The predicted molar refractivity (Wildman–Crippen MR) is 145 cm³/mol. The molecule has 0 aromatic heterocycles. The van der Waals surface area contributed by atoms with Crippen molar-refractivity contribution < 1.29 is 0 Å². The van der Waals surface area contributed by atoms with Gasteiger partial charge >= 0.3 is 0 Å². The third kappa shape index (κ3) is 16.3. The summed E-state index contributed by atoms with van der Waals surface area (Å²) < 4.78 is 0. The Balaban J connectivity index is -0.000000354. The van der Waals surface area contributed by atoms with Gasteiger partial charge in [-0.2, -0.15) is 5.26 Å². The second kappa shape index (κ2) is 25.9. The molecule has 0 aliphatic rings. The van der Waals surface area contributed by atoms with E-state index in [-0.39, 0.29) is 0 Å². The summed E-state index contributed by atoms with van der Waals surface area (Å²) in [5, 5.41) is 9.11. The second-order valence-electron chi connectivity index (χ2n) is 6.80. The highest BCUT2D eigenvalue weighted by Crippen LogP contribution is 2.30. The van der Waals surface area contributed by atoms with Gasteiger partial charge in [-0.3, -0.25) is 0 Å². The molecule has 0 heterocycles. The molecule has 0 radical (unpaired) electrons. The van der Waals surface area contributed by atoms with E-state index in [1.165, 1.54) is 36.6 Å². The first-order valence-electron chi connectivity index (χ1n) is 11.9. The zero-order chi connectivity index (χ0) is 25.4. The third-order valence-electron chi connectivity index (χ3n) is 4.57. The normalized spacial score (nSPS) is 11.0. The Hall–Kier alpha value is -2.11. The highest BCUT2D eigenvalue weighted by Gasteiger charge is 2.16. The molecular formula is C29H52N2. The first-order valence-corrected chi connectivity index (χ1v) is 11.9. The van der Waals surface area contributed by atoms with Crippen molar-refractivity contribution in [3.05, 3.63) is 65.3 Å². The predicted octanol–water partition coefficient (Wildman–Crippen LogP) is 9.19. The molecule has 1 aromatic rings. The molecule has 0 amide bonds. The van der Waals surface area contributed by atoms with Crippen molar-refractivity contribution in [2.45, 2.75) is 89.0 Å². The smallest absolute Gasteiger partial charge is 0.0991 e. The summed E-state index contributed by atoms with van der Waals surface area (Å²) in [5.74, 6) is 1.32. The summed E-state index contributed by atoms with van der Waals surface area (Å²) >= 11 is 0. The standard InChI is InChI=1S/C21H29N.C3H6.2C2H6.CH5N/c1-7-16(5)20(8-2)17(6)12-21(15(3)4)19-11-9-10-18(13-19)14-22;1-3-2;3*1-2/h9-13,16,20H,7-8H2,1-6H3;3H,1H2,2H3;2*1-2H3;2H2,1H3/b17-12+;;;;. The van der Waals surface area contributed by atoms with Crippen LogP contribution in [0.5, 0.6) is 0 Å². The van der Waals surface area contributed by atoms with Crippen molar-refractivity contribution in [2.75, 3.05) is 7.05 Å². The molecule has 2 unspecified atom stereocenters. The summed E-state index contributed by atoms with van der Waals surface area (Å²) in [4.78, 5) is 0. The minimum atomic E-state index is 0.624. The van der Waals surface area contributed by atoms with Crippen LogP contribution in [0.25, 0.3) is 5.57 Å². The second-order valence-corrected chi connectivity index (χ2v) is 6.80. The monoisotopic (exact) mass is 428 g/mol. The van der Waals surface area contributed by atoms with E-state index in [1.54, 1.807) is 6.08 Å². The zero-order valence-corrected chi connectivity index (χ0v) is 22.8. The Bertz CT molecular complexity index is 641. The SMILES string of the molecule is C=CC.CC.CC.CCC(C)C(CC)/C(C)=C/C(=C(C)C)c1cccc(C#N)c1.CN. The first kappa shape index (κ1) is 36.3. The number of allylic oxidation sites excluding steroid dienone is 5. The Morgan fingerprint density at radius 1 is 1.06 bits per heavy atom. The Labute approximate surface area is 196 Å². The van der Waals surface area contributed by atoms with E-state index in [1.807, 2.05) is 52.8 Å². The first-order chi connectivity index (χ1) is 14.9. The maximum atomic E-state index is 9.11. The van der Waals surface area contributed by atoms with E-state index in [4.69, 9.17) is 5.26 Å². The summed E-state index contributed by atoms with van der Waals surface area (Å²) in [6.45, 7) is 26.7. The van der Waals surface area contributed by atoms with E-state index >= 15 is 0 Å². The highest BCUT2D eigenvalue weighted by atomic mass is 14.4. The van der Waals surface area contributed by atoms with E-state index in [9.17, 15) is 0 Å². The molecule has 2 nitrogen and oxygen atoms in total. The van der Waals surface area contributed by atoms with Crippen molar-refractivity contribution in [1.82, 2.24) is 0 Å². The quantitative estimate of drug-likeness (QED) is 0.362. The van der Waals surface area contributed by atoms with Gasteiger partial charge in [-0.05, 0) is 76.3 Å². The van der Waals surface area contributed by atoms with Gasteiger partial charge in [0.2, 0.25) is 0 Å². The fourth-order valence-electron chi connectivity index (χ4n) is 3.06. The number of hydrogen-bond acceptors (Lipinski definition) is 2. The van der Waals surface area contributed by atoms with Gasteiger partial charge in [0.1, 0.15) is 0 Å². The summed E-state index contributed by atoms with van der Waals surface area (Å²) in [7, 11) is 1.50. The molecule has 2 atom stereocenters. The summed E-state index contributed by atoms with van der Waals surface area (Å²) in [5.41, 5.74) is 10.3. The lowest BCUT2D eigenvalue weighted by atomic mass is 9.82. The minimum absolute atomic E-state index is 0.624. The van der Waals surface area contributed by atoms with Crippen LogP contribution in [-0.2, 0) is 0 Å². The fourth-order valence-corrected chi connectivity index (χ4v) is 3.06. The van der Waals surface area contributed by atoms with Gasteiger partial charge in [-0.1, -0.05) is 90.3 Å². The summed E-state index contributed by atoms with van der Waals surface area (Å²) in [6.07, 6.45) is 6.45. The number of nitriles is 1. The molecule has 0 fully saturated rings. The van der Waals surface area contributed by atoms with Crippen LogP contribution in [0.15, 0.2) is 54.1 Å². The molecule has 0 bridgehead atoms. The lowest BCUT2D eigenvalue weighted by molar-refractivity contribution is 0.387. The molecule has 0 saturated carbocycles. The molecule has 2 N–H and O–H groups in total. The van der Waals surface area contributed by atoms with Crippen molar-refractivity contribution >= 4 is 5.57 Å². The maximum Gasteiger partial charge on any atom is 0.0991 e. The van der Waals surface area contributed by atoms with Gasteiger partial charge in [0.25, 0.3) is 0 Å². The highest BCUT2D eigenvalue weighted by molar-refractivity contribution is 5.77. The van der Waals surface area contributed by atoms with Gasteiger partial charge in [0, 0.05) is 0 Å². The summed E-state index contributed by atoms with van der Waals surface area (Å²) in [6, 6.07) is 10.1. The molecule has 1 aromatic carbocycles. The van der Waals surface area contributed by atoms with Crippen LogP contribution in [0.4, 0.5) is 0 Å². The van der Waals surface area contributed by atoms with E-state index in [0.717, 1.165) is 11.1 Å². The van der Waals surface area contributed by atoms with E-state index in [2.05, 4.69) is 72.1 Å². The van der Waals surface area contributed by atoms with Crippen LogP contribution < -0.4 is 5.73 Å². The number of nitrogens with two attached hydrogens (primary N) is 1. The molecule has 31 heavy (non-hydrogen) atoms. The molecule has 0 spiro atoms. The Kier molecular flexibility index (Phi) is 30.3. The van der Waals surface area contributed by atoms with E-state index in [0.29, 0.717) is 11.8 Å². The van der Waals surface area contributed by atoms with Crippen molar-refractivity contribution in [2.24, 2.45) is 17.6 Å². The average molecular weight is 429 g/mol. The van der Waals surface area contributed by atoms with Crippen LogP contribution >= 0.6 is 0 Å². The number of rotatable bonds is 6. The Morgan fingerprint density at radius 3 is 1.90 bits per heavy atom. The maximum absolute atomic E-state index is 9.11. The van der Waals surface area contributed by atoms with Crippen LogP contribution in [-0.4, -0.2) is 7.05 Å². The van der Waals surface area contributed by atoms with Crippen LogP contribution in [0.3, 0.4) is 0 Å². The number of hydrogen-bond donors (Lipinski definition) is 1. The average Bonchev–Trinajstić information content (AvgIpc) is 2.82. The molecule has 178 valence electrons. The molecule has 0 aliphatic heterocycles. The molecule has 2 heteroatoms. The third-order valence-corrected chi connectivity index (χ3v) is 4.57. The van der Waals surface area contributed by atoms with Gasteiger partial charge in [-0.25, -0.2) is 0 Å². The van der Waals surface area contributed by atoms with Crippen molar-refractivity contribution in [1.29, 1.82) is 5.26 Å². The van der Waals surface area contributed by atoms with Crippen LogP contribution in [0.2, 0.25) is 0 Å². The van der Waals surface area contributed by atoms with Gasteiger partial charge in [-0.15, -0.1) is 6.58 Å². The minimum Gasteiger partial charge on any atom is -0.333 e. The Morgan fingerprint density at radius 2 is 1.55 bits per heavy atom. The van der Waals surface area contributed by atoms with Crippen LogP contribution in [0, 0.1) is 23.2 Å². The molecule has 1 rings (SSSR count). The van der Waals surface area contributed by atoms with E-state index < -0.39 is 0 Å². The largest absolute Gasteiger partial charge is 0.333 e. The zero-order valence-electron chi connectivity index (χ0n) is 22.8.